The summed E-state index contributed by atoms with van der Waals surface area (Å²) in [4.78, 5) is 7.80. The number of β-amino-alcohol motifs (C(OH)–C–C–N with tert-alkyl or cyclic N) is 1. The fourth-order valence-corrected chi connectivity index (χ4v) is 3.24. The van der Waals surface area contributed by atoms with Crippen LogP contribution in [0.4, 0.5) is 0 Å². The summed E-state index contributed by atoms with van der Waals surface area (Å²) in [5, 5.41) is 12.1. The Balaban J connectivity index is 1.67. The van der Waals surface area contributed by atoms with Gasteiger partial charge in [0, 0.05) is 13.1 Å². The van der Waals surface area contributed by atoms with Crippen LogP contribution in [0, 0.1) is 0 Å². The molecule has 1 aliphatic heterocycles. The van der Waals surface area contributed by atoms with E-state index in [0.717, 1.165) is 36.5 Å². The van der Waals surface area contributed by atoms with Gasteiger partial charge < -0.3 is 9.52 Å². The molecule has 1 N–H and O–H groups in total. The smallest absolute Gasteiger partial charge is 0.236 e. The van der Waals surface area contributed by atoms with Crippen molar-refractivity contribution in [3.8, 4) is 10.8 Å². The molecule has 0 saturated carbocycles. The quantitative estimate of drug-likeness (QED) is 0.938. The van der Waals surface area contributed by atoms with Crippen LogP contribution in [0.3, 0.4) is 0 Å². The van der Waals surface area contributed by atoms with Gasteiger partial charge in [0.25, 0.3) is 0 Å². The molecule has 1 fully saturated rings. The zero-order chi connectivity index (χ0) is 13.3. The molecule has 4 nitrogen and oxygen atoms in total. The molecule has 0 radical (unpaired) electrons. The van der Waals surface area contributed by atoms with E-state index >= 15 is 0 Å². The van der Waals surface area contributed by atoms with Gasteiger partial charge in [-0.15, -0.1) is 11.3 Å². The van der Waals surface area contributed by atoms with Crippen molar-refractivity contribution in [2.45, 2.75) is 31.9 Å². The lowest BCUT2D eigenvalue weighted by Gasteiger charge is -2.36. The Bertz CT molecular complexity index is 533. The minimum absolute atomic E-state index is 0.571. The van der Waals surface area contributed by atoms with Crippen LogP contribution in [-0.4, -0.2) is 33.7 Å². The van der Waals surface area contributed by atoms with Gasteiger partial charge in [-0.3, -0.25) is 4.90 Å². The van der Waals surface area contributed by atoms with Gasteiger partial charge in [0.1, 0.15) is 6.26 Å². The van der Waals surface area contributed by atoms with E-state index in [-0.39, 0.29) is 0 Å². The van der Waals surface area contributed by atoms with Gasteiger partial charge >= 0.3 is 0 Å². The lowest BCUT2D eigenvalue weighted by Crippen LogP contribution is -2.45. The summed E-state index contributed by atoms with van der Waals surface area (Å²) in [6.07, 6.45) is 3.63. The number of hydrogen-bond donors (Lipinski definition) is 1. The van der Waals surface area contributed by atoms with Gasteiger partial charge in [-0.1, -0.05) is 6.07 Å². The molecule has 2 aromatic rings. The van der Waals surface area contributed by atoms with Crippen LogP contribution in [0.2, 0.25) is 0 Å². The molecule has 2 aromatic heterocycles. The van der Waals surface area contributed by atoms with E-state index < -0.39 is 5.60 Å². The Morgan fingerprint density at radius 1 is 1.58 bits per heavy atom. The number of aliphatic hydroxyl groups is 1. The highest BCUT2D eigenvalue weighted by molar-refractivity contribution is 7.13. The van der Waals surface area contributed by atoms with Crippen LogP contribution in [-0.2, 0) is 6.54 Å². The van der Waals surface area contributed by atoms with Gasteiger partial charge in [0.2, 0.25) is 5.89 Å². The molecule has 19 heavy (non-hydrogen) atoms. The van der Waals surface area contributed by atoms with E-state index in [9.17, 15) is 5.11 Å². The maximum atomic E-state index is 10.1. The number of likely N-dealkylation sites (tertiary alicyclic amines) is 1. The average Bonchev–Trinajstić information content (AvgIpc) is 2.96. The number of piperidine rings is 1. The summed E-state index contributed by atoms with van der Waals surface area (Å²) in [7, 11) is 0. The van der Waals surface area contributed by atoms with Crippen molar-refractivity contribution in [1.29, 1.82) is 0 Å². The molecule has 0 bridgehead atoms. The second-order valence-corrected chi connectivity index (χ2v) is 6.38. The van der Waals surface area contributed by atoms with Crippen molar-refractivity contribution in [3.63, 3.8) is 0 Å². The normalized spacial score (nSPS) is 24.7. The summed E-state index contributed by atoms with van der Waals surface area (Å²) in [6.45, 7) is 4.36. The fourth-order valence-electron chi connectivity index (χ4n) is 2.58. The third kappa shape index (κ3) is 3.05. The SMILES string of the molecule is CC1(O)CCCN(Cc2coc(-c3cccs3)n2)C1. The van der Waals surface area contributed by atoms with Crippen LogP contribution in [0.1, 0.15) is 25.5 Å². The number of oxazole rings is 1. The van der Waals surface area contributed by atoms with E-state index in [0.29, 0.717) is 12.4 Å². The lowest BCUT2D eigenvalue weighted by molar-refractivity contribution is -0.0184. The van der Waals surface area contributed by atoms with E-state index in [4.69, 9.17) is 4.42 Å². The molecule has 0 aromatic carbocycles. The predicted molar refractivity (Wildman–Crippen MR) is 75.0 cm³/mol. The zero-order valence-corrected chi connectivity index (χ0v) is 11.8. The largest absolute Gasteiger partial charge is 0.444 e. The number of rotatable bonds is 3. The van der Waals surface area contributed by atoms with Crippen LogP contribution < -0.4 is 0 Å². The molecule has 102 valence electrons. The van der Waals surface area contributed by atoms with Crippen molar-refractivity contribution >= 4 is 11.3 Å². The Morgan fingerprint density at radius 3 is 3.21 bits per heavy atom. The summed E-state index contributed by atoms with van der Waals surface area (Å²) in [5.74, 6) is 0.689. The van der Waals surface area contributed by atoms with E-state index in [1.807, 2.05) is 24.4 Å². The maximum Gasteiger partial charge on any atom is 0.236 e. The van der Waals surface area contributed by atoms with Crippen LogP contribution in [0.5, 0.6) is 0 Å². The number of thiophene rings is 1. The molecule has 1 aliphatic rings. The third-order valence-electron chi connectivity index (χ3n) is 3.42. The van der Waals surface area contributed by atoms with E-state index in [1.54, 1.807) is 17.6 Å². The van der Waals surface area contributed by atoms with Crippen molar-refractivity contribution in [1.82, 2.24) is 9.88 Å². The maximum absolute atomic E-state index is 10.1. The number of nitrogens with zero attached hydrogens (tertiary/aromatic N) is 2. The molecular formula is C14H18N2O2S. The first-order valence-electron chi connectivity index (χ1n) is 6.55. The third-order valence-corrected chi connectivity index (χ3v) is 4.28. The Morgan fingerprint density at radius 2 is 2.47 bits per heavy atom. The van der Waals surface area contributed by atoms with Gasteiger partial charge in [-0.2, -0.15) is 0 Å². The first-order chi connectivity index (χ1) is 9.12. The Labute approximate surface area is 116 Å². The molecule has 1 unspecified atom stereocenters. The lowest BCUT2D eigenvalue weighted by atomic mass is 9.95. The summed E-state index contributed by atoms with van der Waals surface area (Å²) < 4.78 is 5.51. The summed E-state index contributed by atoms with van der Waals surface area (Å²) in [5.41, 5.74) is 0.361. The molecule has 1 atom stereocenters. The number of aromatic nitrogens is 1. The van der Waals surface area contributed by atoms with Crippen LogP contribution in [0.25, 0.3) is 10.8 Å². The Hall–Kier alpha value is -1.17. The first kappa shape index (κ1) is 12.8. The molecule has 3 heterocycles. The molecule has 5 heteroatoms. The first-order valence-corrected chi connectivity index (χ1v) is 7.43. The summed E-state index contributed by atoms with van der Waals surface area (Å²) in [6, 6.07) is 4.00. The van der Waals surface area contributed by atoms with Gasteiger partial charge in [0.05, 0.1) is 16.2 Å². The monoisotopic (exact) mass is 278 g/mol. The minimum atomic E-state index is -0.571. The van der Waals surface area contributed by atoms with Crippen molar-refractivity contribution < 1.29 is 9.52 Å². The van der Waals surface area contributed by atoms with Crippen molar-refractivity contribution in [2.75, 3.05) is 13.1 Å². The molecule has 0 aliphatic carbocycles. The molecular weight excluding hydrogens is 260 g/mol. The van der Waals surface area contributed by atoms with Crippen molar-refractivity contribution in [3.05, 3.63) is 29.5 Å². The zero-order valence-electron chi connectivity index (χ0n) is 11.0. The highest BCUT2D eigenvalue weighted by atomic mass is 32.1. The number of hydrogen-bond acceptors (Lipinski definition) is 5. The molecule has 1 saturated heterocycles. The molecule has 3 rings (SSSR count). The predicted octanol–water partition coefficient (Wildman–Crippen LogP) is 2.75. The Kier molecular flexibility index (Phi) is 3.43. The highest BCUT2D eigenvalue weighted by Gasteiger charge is 2.28. The van der Waals surface area contributed by atoms with Gasteiger partial charge in [0.15, 0.2) is 0 Å². The fraction of sp³-hybridized carbons (Fsp3) is 0.500. The van der Waals surface area contributed by atoms with Crippen LogP contribution >= 0.6 is 11.3 Å². The van der Waals surface area contributed by atoms with E-state index in [2.05, 4.69) is 9.88 Å². The highest BCUT2D eigenvalue weighted by Crippen LogP contribution is 2.25. The average molecular weight is 278 g/mol. The molecule has 0 amide bonds. The second-order valence-electron chi connectivity index (χ2n) is 5.43. The van der Waals surface area contributed by atoms with Gasteiger partial charge in [-0.25, -0.2) is 4.98 Å². The summed E-state index contributed by atoms with van der Waals surface area (Å²) >= 11 is 1.63. The molecule has 0 spiro atoms. The standard InChI is InChI=1S/C14H18N2O2S/c1-14(17)5-3-6-16(10-14)8-11-9-18-13(15-11)12-4-2-7-19-12/h2,4,7,9,17H,3,5-6,8,10H2,1H3. The van der Waals surface area contributed by atoms with Crippen molar-refractivity contribution in [2.24, 2.45) is 0 Å². The van der Waals surface area contributed by atoms with E-state index in [1.165, 1.54) is 0 Å². The second kappa shape index (κ2) is 5.07. The van der Waals surface area contributed by atoms with Crippen LogP contribution in [0.15, 0.2) is 28.2 Å². The minimum Gasteiger partial charge on any atom is -0.444 e. The van der Waals surface area contributed by atoms with Gasteiger partial charge in [-0.05, 0) is 37.8 Å². The topological polar surface area (TPSA) is 49.5 Å².